The molecule has 2 amide bonds. The standard InChI is InChI=1S/C16H10N4O4/c1-7-12-13-9(5-17-14(12)19-18-7)15(21)20(16(13)22)8-2-3-10-11(4-8)24-6-23-10/h2-5H,6H2,1H3,(H,17,18,19). The Bertz CT molecular complexity index is 1060. The zero-order chi connectivity index (χ0) is 16.4. The number of rotatable bonds is 1. The Hall–Kier alpha value is -3.42. The predicted molar refractivity (Wildman–Crippen MR) is 82.3 cm³/mol. The molecule has 0 saturated carbocycles. The van der Waals surface area contributed by atoms with Crippen LogP contribution in [0.2, 0.25) is 0 Å². The fraction of sp³-hybridized carbons (Fsp3) is 0.125. The lowest BCUT2D eigenvalue weighted by atomic mass is 10.1. The lowest BCUT2D eigenvalue weighted by molar-refractivity contribution is 0.0926. The SMILES string of the molecule is Cc1[nH]nc2ncc3c(c12)C(=O)N(c1ccc2c(c1)OCO2)C3=O. The summed E-state index contributed by atoms with van der Waals surface area (Å²) in [4.78, 5) is 31.0. The predicted octanol–water partition coefficient (Wildman–Crippen LogP) is 1.80. The monoisotopic (exact) mass is 322 g/mol. The highest BCUT2D eigenvalue weighted by atomic mass is 16.7. The van der Waals surface area contributed by atoms with E-state index in [-0.39, 0.29) is 12.4 Å². The number of aryl methyl sites for hydroxylation is 1. The van der Waals surface area contributed by atoms with Crippen LogP contribution in [-0.4, -0.2) is 33.8 Å². The van der Waals surface area contributed by atoms with Crippen LogP contribution in [0.25, 0.3) is 11.0 Å². The van der Waals surface area contributed by atoms with Crippen molar-refractivity contribution in [2.75, 3.05) is 11.7 Å². The van der Waals surface area contributed by atoms with Crippen LogP contribution in [0, 0.1) is 6.92 Å². The maximum Gasteiger partial charge on any atom is 0.267 e. The zero-order valence-electron chi connectivity index (χ0n) is 12.5. The molecular weight excluding hydrogens is 312 g/mol. The van der Waals surface area contributed by atoms with Crippen molar-refractivity contribution in [1.82, 2.24) is 15.2 Å². The van der Waals surface area contributed by atoms with Crippen LogP contribution < -0.4 is 14.4 Å². The molecule has 0 spiro atoms. The Morgan fingerprint density at radius 1 is 1.17 bits per heavy atom. The molecular formula is C16H10N4O4. The Labute approximate surface area is 135 Å². The van der Waals surface area contributed by atoms with Gasteiger partial charge < -0.3 is 9.47 Å². The largest absolute Gasteiger partial charge is 0.454 e. The second-order valence-corrected chi connectivity index (χ2v) is 5.58. The number of imide groups is 1. The summed E-state index contributed by atoms with van der Waals surface area (Å²) < 4.78 is 10.6. The molecule has 3 aromatic rings. The first-order valence-corrected chi connectivity index (χ1v) is 7.27. The van der Waals surface area contributed by atoms with Crippen molar-refractivity contribution >= 4 is 28.5 Å². The quantitative estimate of drug-likeness (QED) is 0.686. The average Bonchev–Trinajstić information content (AvgIpc) is 3.25. The number of fused-ring (bicyclic) bond motifs is 4. The number of H-pyrrole nitrogens is 1. The van der Waals surface area contributed by atoms with Gasteiger partial charge >= 0.3 is 0 Å². The van der Waals surface area contributed by atoms with Gasteiger partial charge in [-0.25, -0.2) is 9.88 Å². The molecule has 0 atom stereocenters. The lowest BCUT2D eigenvalue weighted by Crippen LogP contribution is -2.29. The molecule has 2 aliphatic rings. The maximum atomic E-state index is 12.9. The first-order chi connectivity index (χ1) is 11.6. The molecule has 2 aliphatic heterocycles. The highest BCUT2D eigenvalue weighted by Crippen LogP contribution is 2.39. The van der Waals surface area contributed by atoms with Gasteiger partial charge in [-0.3, -0.25) is 14.7 Å². The second-order valence-electron chi connectivity index (χ2n) is 5.58. The summed E-state index contributed by atoms with van der Waals surface area (Å²) in [6.45, 7) is 1.91. The number of carbonyl (C=O) groups excluding carboxylic acids is 2. The molecule has 24 heavy (non-hydrogen) atoms. The summed E-state index contributed by atoms with van der Waals surface area (Å²) in [6.07, 6.45) is 1.39. The van der Waals surface area contributed by atoms with E-state index >= 15 is 0 Å². The van der Waals surface area contributed by atoms with Gasteiger partial charge in [0.15, 0.2) is 17.1 Å². The Morgan fingerprint density at radius 2 is 2.00 bits per heavy atom. The lowest BCUT2D eigenvalue weighted by Gasteiger charge is -2.14. The number of nitrogens with one attached hydrogen (secondary N) is 1. The molecule has 0 saturated heterocycles. The van der Waals surface area contributed by atoms with E-state index in [1.807, 2.05) is 0 Å². The van der Waals surface area contributed by atoms with Crippen LogP contribution in [0.15, 0.2) is 24.4 Å². The van der Waals surface area contributed by atoms with Crippen molar-refractivity contribution in [2.24, 2.45) is 0 Å². The molecule has 8 heteroatoms. The molecule has 1 N–H and O–H groups in total. The van der Waals surface area contributed by atoms with E-state index < -0.39 is 11.8 Å². The van der Waals surface area contributed by atoms with Crippen molar-refractivity contribution in [1.29, 1.82) is 0 Å². The van der Waals surface area contributed by atoms with Gasteiger partial charge in [0.05, 0.1) is 22.2 Å². The van der Waals surface area contributed by atoms with Crippen molar-refractivity contribution in [2.45, 2.75) is 6.92 Å². The summed E-state index contributed by atoms with van der Waals surface area (Å²) in [5.41, 5.74) is 2.14. The molecule has 0 bridgehead atoms. The summed E-state index contributed by atoms with van der Waals surface area (Å²) in [5, 5.41) is 7.42. The number of carbonyl (C=O) groups is 2. The van der Waals surface area contributed by atoms with Crippen LogP contribution in [0.1, 0.15) is 26.4 Å². The van der Waals surface area contributed by atoms with Gasteiger partial charge in [0.25, 0.3) is 11.8 Å². The van der Waals surface area contributed by atoms with Crippen LogP contribution in [-0.2, 0) is 0 Å². The Morgan fingerprint density at radius 3 is 2.88 bits per heavy atom. The van der Waals surface area contributed by atoms with Gasteiger partial charge in [0.1, 0.15) is 0 Å². The molecule has 1 aromatic carbocycles. The first-order valence-electron chi connectivity index (χ1n) is 7.27. The van der Waals surface area contributed by atoms with Gasteiger partial charge in [-0.1, -0.05) is 0 Å². The number of anilines is 1. The smallest absolute Gasteiger partial charge is 0.267 e. The van der Waals surface area contributed by atoms with E-state index in [1.54, 1.807) is 25.1 Å². The molecule has 4 heterocycles. The van der Waals surface area contributed by atoms with Gasteiger partial charge in [-0.2, -0.15) is 5.10 Å². The Balaban J connectivity index is 1.70. The van der Waals surface area contributed by atoms with Crippen molar-refractivity contribution in [3.05, 3.63) is 41.2 Å². The number of ether oxygens (including phenoxy) is 2. The maximum absolute atomic E-state index is 12.9. The third-order valence-corrected chi connectivity index (χ3v) is 4.23. The van der Waals surface area contributed by atoms with Crippen LogP contribution in [0.3, 0.4) is 0 Å². The molecule has 0 aliphatic carbocycles. The van der Waals surface area contributed by atoms with Gasteiger partial charge in [0.2, 0.25) is 6.79 Å². The summed E-state index contributed by atoms with van der Waals surface area (Å²) in [7, 11) is 0. The van der Waals surface area contributed by atoms with Gasteiger partial charge in [-0.15, -0.1) is 0 Å². The number of nitrogens with zero attached hydrogens (tertiary/aromatic N) is 3. The summed E-state index contributed by atoms with van der Waals surface area (Å²) in [5.74, 6) is 0.284. The Kier molecular flexibility index (Phi) is 2.35. The zero-order valence-corrected chi connectivity index (χ0v) is 12.5. The molecule has 8 nitrogen and oxygen atoms in total. The highest BCUT2D eigenvalue weighted by molar-refractivity contribution is 6.37. The van der Waals surface area contributed by atoms with E-state index in [0.717, 1.165) is 4.90 Å². The van der Waals surface area contributed by atoms with Crippen molar-refractivity contribution in [3.8, 4) is 11.5 Å². The summed E-state index contributed by atoms with van der Waals surface area (Å²) >= 11 is 0. The third-order valence-electron chi connectivity index (χ3n) is 4.23. The number of pyridine rings is 1. The number of aromatic nitrogens is 3. The van der Waals surface area contributed by atoms with Crippen molar-refractivity contribution < 1.29 is 19.1 Å². The topological polar surface area (TPSA) is 97.4 Å². The number of benzene rings is 1. The number of hydrogen-bond acceptors (Lipinski definition) is 6. The number of aromatic amines is 1. The molecule has 5 rings (SSSR count). The minimum Gasteiger partial charge on any atom is -0.454 e. The molecule has 118 valence electrons. The fourth-order valence-corrected chi connectivity index (χ4v) is 3.10. The van der Waals surface area contributed by atoms with Crippen molar-refractivity contribution in [3.63, 3.8) is 0 Å². The molecule has 0 unspecified atom stereocenters. The normalized spacial score (nSPS) is 15.5. The van der Waals surface area contributed by atoms with Crippen LogP contribution in [0.4, 0.5) is 5.69 Å². The summed E-state index contributed by atoms with van der Waals surface area (Å²) in [6, 6.07) is 4.96. The fourth-order valence-electron chi connectivity index (χ4n) is 3.10. The van der Waals surface area contributed by atoms with E-state index in [1.165, 1.54) is 6.20 Å². The number of amides is 2. The molecule has 0 fully saturated rings. The van der Waals surface area contributed by atoms with E-state index in [9.17, 15) is 9.59 Å². The van der Waals surface area contributed by atoms with Crippen LogP contribution >= 0.6 is 0 Å². The van der Waals surface area contributed by atoms with Crippen LogP contribution in [0.5, 0.6) is 11.5 Å². The molecule has 2 aromatic heterocycles. The first kappa shape index (κ1) is 13.1. The molecule has 0 radical (unpaired) electrons. The third kappa shape index (κ3) is 1.51. The second kappa shape index (κ2) is 4.31. The van der Waals surface area contributed by atoms with E-state index in [4.69, 9.17) is 9.47 Å². The van der Waals surface area contributed by atoms with Gasteiger partial charge in [-0.05, 0) is 19.1 Å². The average molecular weight is 322 g/mol. The minimum atomic E-state index is -0.413. The number of hydrogen-bond donors (Lipinski definition) is 1. The van der Waals surface area contributed by atoms with E-state index in [2.05, 4.69) is 15.2 Å². The minimum absolute atomic E-state index is 0.125. The van der Waals surface area contributed by atoms with Gasteiger partial charge in [0, 0.05) is 18.0 Å². The van der Waals surface area contributed by atoms with E-state index in [0.29, 0.717) is 39.5 Å². The highest BCUT2D eigenvalue weighted by Gasteiger charge is 2.40.